The van der Waals surface area contributed by atoms with E-state index in [-0.39, 0.29) is 12.4 Å². The van der Waals surface area contributed by atoms with Crippen LogP contribution in [-0.2, 0) is 4.79 Å². The Morgan fingerprint density at radius 1 is 1.23 bits per heavy atom. The van der Waals surface area contributed by atoms with Gasteiger partial charge < -0.3 is 14.6 Å². The second kappa shape index (κ2) is 7.98. The summed E-state index contributed by atoms with van der Waals surface area (Å²) in [5, 5.41) is 14.5. The Labute approximate surface area is 149 Å². The summed E-state index contributed by atoms with van der Waals surface area (Å²) in [5.41, 5.74) is 3.68. The number of phenols is 1. The summed E-state index contributed by atoms with van der Waals surface area (Å²) in [7, 11) is 1.47. The van der Waals surface area contributed by atoms with Gasteiger partial charge in [0.05, 0.1) is 13.3 Å². The topological polar surface area (TPSA) is 93.0 Å². The van der Waals surface area contributed by atoms with Gasteiger partial charge in [-0.3, -0.25) is 9.78 Å². The number of phenolic OH excluding ortho intramolecular Hbond substituents is 1. The number of nitrogens with one attached hydrogen (secondary N) is 1. The van der Waals surface area contributed by atoms with Crippen molar-refractivity contribution in [1.82, 2.24) is 10.4 Å². The lowest BCUT2D eigenvalue weighted by molar-refractivity contribution is -0.123. The summed E-state index contributed by atoms with van der Waals surface area (Å²) in [6.45, 7) is -0.194. The molecule has 26 heavy (non-hydrogen) atoms. The van der Waals surface area contributed by atoms with Gasteiger partial charge in [0.25, 0.3) is 5.91 Å². The Morgan fingerprint density at radius 2 is 2.08 bits per heavy atom. The van der Waals surface area contributed by atoms with Crippen LogP contribution >= 0.6 is 0 Å². The van der Waals surface area contributed by atoms with E-state index in [9.17, 15) is 9.90 Å². The van der Waals surface area contributed by atoms with Crippen molar-refractivity contribution in [2.75, 3.05) is 13.7 Å². The van der Waals surface area contributed by atoms with E-state index in [4.69, 9.17) is 9.47 Å². The second-order valence-electron chi connectivity index (χ2n) is 5.34. The summed E-state index contributed by atoms with van der Waals surface area (Å²) < 4.78 is 10.5. The van der Waals surface area contributed by atoms with Crippen LogP contribution in [0, 0.1) is 0 Å². The van der Waals surface area contributed by atoms with Crippen LogP contribution < -0.4 is 14.9 Å². The van der Waals surface area contributed by atoms with Gasteiger partial charge in [-0.25, -0.2) is 5.43 Å². The number of ether oxygens (including phenoxy) is 2. The van der Waals surface area contributed by atoms with Crippen LogP contribution in [0.1, 0.15) is 5.56 Å². The molecule has 0 saturated heterocycles. The third kappa shape index (κ3) is 4.07. The molecule has 2 aromatic carbocycles. The quantitative estimate of drug-likeness (QED) is 0.526. The molecule has 3 aromatic rings. The van der Waals surface area contributed by atoms with Gasteiger partial charge in [0.2, 0.25) is 0 Å². The molecular formula is C19H17N3O4. The van der Waals surface area contributed by atoms with Crippen molar-refractivity contribution >= 4 is 23.0 Å². The maximum absolute atomic E-state index is 11.9. The molecule has 0 fully saturated rings. The van der Waals surface area contributed by atoms with E-state index in [0.717, 1.165) is 5.39 Å². The van der Waals surface area contributed by atoms with Gasteiger partial charge in [-0.15, -0.1) is 0 Å². The second-order valence-corrected chi connectivity index (χ2v) is 5.34. The standard InChI is InChI=1S/C19H17N3O4/c1-25-16-8-7-13(10-15(16)23)11-21-22-18(24)12-26-17-6-2-4-14-5-3-9-20-19(14)17/h2-11,23H,12H2,1H3,(H,22,24)/b21-11-. The fourth-order valence-electron chi connectivity index (χ4n) is 2.33. The summed E-state index contributed by atoms with van der Waals surface area (Å²) in [6.07, 6.45) is 3.08. The van der Waals surface area contributed by atoms with Crippen LogP contribution in [0.5, 0.6) is 17.2 Å². The number of aromatic nitrogens is 1. The Kier molecular flexibility index (Phi) is 5.28. The zero-order valence-corrected chi connectivity index (χ0v) is 14.0. The molecule has 0 aliphatic rings. The molecule has 7 nitrogen and oxygen atoms in total. The van der Waals surface area contributed by atoms with Crippen molar-refractivity contribution < 1.29 is 19.4 Å². The number of rotatable bonds is 6. The maximum atomic E-state index is 11.9. The molecule has 0 unspecified atom stereocenters. The molecule has 0 spiro atoms. The van der Waals surface area contributed by atoms with E-state index in [1.807, 2.05) is 24.3 Å². The highest BCUT2D eigenvalue weighted by molar-refractivity contribution is 5.86. The van der Waals surface area contributed by atoms with Crippen molar-refractivity contribution in [1.29, 1.82) is 0 Å². The van der Waals surface area contributed by atoms with E-state index in [2.05, 4.69) is 15.5 Å². The average Bonchev–Trinajstić information content (AvgIpc) is 2.66. The minimum atomic E-state index is -0.410. The lowest BCUT2D eigenvalue weighted by Gasteiger charge is -2.07. The normalized spacial score (nSPS) is 10.8. The van der Waals surface area contributed by atoms with Crippen LogP contribution in [0.2, 0.25) is 0 Å². The number of carbonyl (C=O) groups excluding carboxylic acids is 1. The first-order valence-electron chi connectivity index (χ1n) is 7.83. The zero-order chi connectivity index (χ0) is 18.4. The smallest absolute Gasteiger partial charge is 0.277 e. The van der Waals surface area contributed by atoms with Crippen molar-refractivity contribution in [3.05, 3.63) is 60.3 Å². The third-order valence-electron chi connectivity index (χ3n) is 3.56. The van der Waals surface area contributed by atoms with Crippen LogP contribution in [-0.4, -0.2) is 35.9 Å². The number of hydrogen-bond acceptors (Lipinski definition) is 6. The zero-order valence-electron chi connectivity index (χ0n) is 14.0. The van der Waals surface area contributed by atoms with Crippen molar-refractivity contribution in [2.45, 2.75) is 0 Å². The largest absolute Gasteiger partial charge is 0.504 e. The third-order valence-corrected chi connectivity index (χ3v) is 3.56. The molecule has 0 bridgehead atoms. The molecule has 1 aromatic heterocycles. The number of nitrogens with zero attached hydrogens (tertiary/aromatic N) is 2. The first-order valence-corrected chi connectivity index (χ1v) is 7.83. The van der Waals surface area contributed by atoms with Crippen LogP contribution in [0.15, 0.2) is 59.8 Å². The predicted octanol–water partition coefficient (Wildman–Crippen LogP) is 2.48. The highest BCUT2D eigenvalue weighted by Crippen LogP contribution is 2.25. The van der Waals surface area contributed by atoms with Gasteiger partial charge in [0.1, 0.15) is 11.3 Å². The summed E-state index contributed by atoms with van der Waals surface area (Å²) in [6, 6.07) is 14.1. The van der Waals surface area contributed by atoms with Crippen LogP contribution in [0.25, 0.3) is 10.9 Å². The number of fused-ring (bicyclic) bond motifs is 1. The molecule has 1 heterocycles. The predicted molar refractivity (Wildman–Crippen MR) is 97.6 cm³/mol. The van der Waals surface area contributed by atoms with Gasteiger partial charge in [0, 0.05) is 11.6 Å². The van der Waals surface area contributed by atoms with Crippen molar-refractivity contribution in [2.24, 2.45) is 5.10 Å². The average molecular weight is 351 g/mol. The van der Waals surface area contributed by atoms with Gasteiger partial charge >= 0.3 is 0 Å². The molecule has 3 rings (SSSR count). The molecule has 132 valence electrons. The maximum Gasteiger partial charge on any atom is 0.277 e. The minimum absolute atomic E-state index is 0.00503. The first-order chi connectivity index (χ1) is 12.7. The number of benzene rings is 2. The van der Waals surface area contributed by atoms with Crippen LogP contribution in [0.3, 0.4) is 0 Å². The summed E-state index contributed by atoms with van der Waals surface area (Å²) in [4.78, 5) is 16.1. The monoisotopic (exact) mass is 351 g/mol. The number of pyridine rings is 1. The van der Waals surface area contributed by atoms with Gasteiger partial charge in [-0.2, -0.15) is 5.10 Å². The minimum Gasteiger partial charge on any atom is -0.504 e. The highest BCUT2D eigenvalue weighted by atomic mass is 16.5. The molecule has 0 radical (unpaired) electrons. The molecule has 0 saturated carbocycles. The van der Waals surface area contributed by atoms with E-state index in [1.165, 1.54) is 19.4 Å². The molecular weight excluding hydrogens is 334 g/mol. The Bertz CT molecular complexity index is 951. The molecule has 7 heteroatoms. The number of hydrazone groups is 1. The first kappa shape index (κ1) is 17.2. The fourth-order valence-corrected chi connectivity index (χ4v) is 2.33. The fraction of sp³-hybridized carbons (Fsp3) is 0.105. The number of para-hydroxylation sites is 1. The molecule has 1 amide bonds. The Hall–Kier alpha value is -3.61. The van der Waals surface area contributed by atoms with E-state index >= 15 is 0 Å². The van der Waals surface area contributed by atoms with Crippen molar-refractivity contribution in [3.63, 3.8) is 0 Å². The molecule has 2 N–H and O–H groups in total. The lowest BCUT2D eigenvalue weighted by atomic mass is 10.2. The molecule has 0 aliphatic heterocycles. The van der Waals surface area contributed by atoms with E-state index in [0.29, 0.717) is 22.6 Å². The summed E-state index contributed by atoms with van der Waals surface area (Å²) >= 11 is 0. The van der Waals surface area contributed by atoms with E-state index < -0.39 is 5.91 Å². The highest BCUT2D eigenvalue weighted by Gasteiger charge is 2.06. The number of methoxy groups -OCH3 is 1. The Morgan fingerprint density at radius 3 is 2.88 bits per heavy atom. The number of hydrogen-bond donors (Lipinski definition) is 2. The number of carbonyl (C=O) groups is 1. The SMILES string of the molecule is COc1ccc(/C=N\NC(=O)COc2cccc3cccnc23)cc1O. The number of amides is 1. The summed E-state index contributed by atoms with van der Waals surface area (Å²) in [5.74, 6) is 0.479. The van der Waals surface area contributed by atoms with Crippen LogP contribution in [0.4, 0.5) is 0 Å². The Balaban J connectivity index is 1.56. The van der Waals surface area contributed by atoms with Gasteiger partial charge in [-0.1, -0.05) is 18.2 Å². The van der Waals surface area contributed by atoms with Gasteiger partial charge in [0.15, 0.2) is 18.1 Å². The molecule has 0 aliphatic carbocycles. The van der Waals surface area contributed by atoms with Gasteiger partial charge in [-0.05, 0) is 35.9 Å². The lowest BCUT2D eigenvalue weighted by Crippen LogP contribution is -2.24. The van der Waals surface area contributed by atoms with E-state index in [1.54, 1.807) is 24.4 Å². The molecule has 0 atom stereocenters. The van der Waals surface area contributed by atoms with Crippen molar-refractivity contribution in [3.8, 4) is 17.2 Å². The number of aromatic hydroxyl groups is 1.